The van der Waals surface area contributed by atoms with Crippen LogP contribution in [0, 0.1) is 12.7 Å². The van der Waals surface area contributed by atoms with Crippen LogP contribution in [0.4, 0.5) is 10.1 Å². The van der Waals surface area contributed by atoms with E-state index in [0.717, 1.165) is 16.8 Å². The number of rotatable bonds is 4. The molecule has 0 saturated heterocycles. The Hall–Kier alpha value is -2.07. The zero-order chi connectivity index (χ0) is 15.6. The minimum atomic E-state index is -0.461. The molecule has 5 heteroatoms. The van der Waals surface area contributed by atoms with Crippen molar-refractivity contribution in [2.75, 3.05) is 5.32 Å². The van der Waals surface area contributed by atoms with Crippen molar-refractivity contribution in [3.63, 3.8) is 0 Å². The Morgan fingerprint density at radius 2 is 2.00 bits per heavy atom. The highest BCUT2D eigenvalue weighted by Gasteiger charge is 2.10. The molecule has 0 aliphatic carbocycles. The molecule has 0 spiro atoms. The lowest BCUT2D eigenvalue weighted by atomic mass is 10.1. The molecule has 1 unspecified atom stereocenters. The van der Waals surface area contributed by atoms with Gasteiger partial charge in [-0.25, -0.2) is 4.39 Å². The second-order valence-electron chi connectivity index (χ2n) is 4.93. The summed E-state index contributed by atoms with van der Waals surface area (Å²) in [6, 6.07) is 9.79. The van der Waals surface area contributed by atoms with Gasteiger partial charge in [0.1, 0.15) is 5.82 Å². The number of aryl methyl sites for hydroxylation is 1. The van der Waals surface area contributed by atoms with Gasteiger partial charge in [0.25, 0.3) is 0 Å². The number of primary amides is 1. The van der Waals surface area contributed by atoms with Crippen molar-refractivity contribution >= 4 is 23.2 Å². The number of carbonyl (C=O) groups excluding carboxylic acids is 1. The number of hydrogen-bond acceptors (Lipinski definition) is 2. The lowest BCUT2D eigenvalue weighted by Crippen LogP contribution is -2.12. The average molecular weight is 307 g/mol. The fraction of sp³-hybridized carbons (Fsp3) is 0.188. The maximum Gasteiger partial charge on any atom is 0.248 e. The van der Waals surface area contributed by atoms with E-state index in [4.69, 9.17) is 17.3 Å². The molecule has 2 rings (SSSR count). The van der Waals surface area contributed by atoms with E-state index in [2.05, 4.69) is 5.32 Å². The molecular weight excluding hydrogens is 291 g/mol. The molecule has 0 fully saturated rings. The summed E-state index contributed by atoms with van der Waals surface area (Å²) in [4.78, 5) is 11.1. The van der Waals surface area contributed by atoms with Crippen molar-refractivity contribution in [2.24, 2.45) is 5.73 Å². The Kier molecular flexibility index (Phi) is 4.48. The van der Waals surface area contributed by atoms with Gasteiger partial charge in [-0.3, -0.25) is 4.79 Å². The van der Waals surface area contributed by atoms with E-state index in [1.165, 1.54) is 12.1 Å². The third kappa shape index (κ3) is 3.52. The molecule has 0 aromatic heterocycles. The molecule has 0 aliphatic rings. The van der Waals surface area contributed by atoms with Crippen LogP contribution in [0.1, 0.15) is 34.5 Å². The van der Waals surface area contributed by atoms with Crippen molar-refractivity contribution in [2.45, 2.75) is 19.9 Å². The molecule has 3 nitrogen and oxygen atoms in total. The molecule has 1 amide bonds. The summed E-state index contributed by atoms with van der Waals surface area (Å²) in [5.74, 6) is -0.902. The molecule has 2 aromatic carbocycles. The number of nitrogens with one attached hydrogen (secondary N) is 1. The summed E-state index contributed by atoms with van der Waals surface area (Å²) in [5, 5.41) is 3.38. The van der Waals surface area contributed by atoms with Gasteiger partial charge in [0.05, 0.1) is 5.02 Å². The maximum absolute atomic E-state index is 13.5. The molecule has 2 aromatic rings. The van der Waals surface area contributed by atoms with E-state index in [1.807, 2.05) is 13.8 Å². The first-order chi connectivity index (χ1) is 9.88. The first kappa shape index (κ1) is 15.3. The minimum Gasteiger partial charge on any atom is -0.378 e. The fourth-order valence-corrected chi connectivity index (χ4v) is 2.19. The highest BCUT2D eigenvalue weighted by atomic mass is 35.5. The molecule has 110 valence electrons. The Labute approximate surface area is 127 Å². The van der Waals surface area contributed by atoms with E-state index in [1.54, 1.807) is 24.3 Å². The maximum atomic E-state index is 13.5. The predicted molar refractivity (Wildman–Crippen MR) is 83.1 cm³/mol. The van der Waals surface area contributed by atoms with Gasteiger partial charge in [0.2, 0.25) is 5.91 Å². The van der Waals surface area contributed by atoms with Crippen molar-refractivity contribution < 1.29 is 9.18 Å². The smallest absolute Gasteiger partial charge is 0.248 e. The quantitative estimate of drug-likeness (QED) is 0.895. The van der Waals surface area contributed by atoms with E-state index in [-0.39, 0.29) is 11.1 Å². The third-order valence-electron chi connectivity index (χ3n) is 3.33. The van der Waals surface area contributed by atoms with Gasteiger partial charge in [-0.05, 0) is 55.3 Å². The van der Waals surface area contributed by atoms with Crippen molar-refractivity contribution in [1.82, 2.24) is 0 Å². The van der Waals surface area contributed by atoms with Crippen LogP contribution in [-0.4, -0.2) is 5.91 Å². The Balaban J connectivity index is 2.21. The lowest BCUT2D eigenvalue weighted by molar-refractivity contribution is 0.1000. The number of carbonyl (C=O) groups is 1. The molecule has 21 heavy (non-hydrogen) atoms. The van der Waals surface area contributed by atoms with Gasteiger partial charge < -0.3 is 11.1 Å². The first-order valence-corrected chi connectivity index (χ1v) is 6.88. The van der Waals surface area contributed by atoms with E-state index in [9.17, 15) is 9.18 Å². The standard InChI is InChI=1S/C16H16ClFN2O/c1-9-7-12(16(19)21)4-6-15(9)20-10(2)11-3-5-13(17)14(18)8-11/h3-8,10,20H,1-2H3,(H2,19,21). The SMILES string of the molecule is Cc1cc(C(N)=O)ccc1NC(C)c1ccc(Cl)c(F)c1. The van der Waals surface area contributed by atoms with Gasteiger partial charge in [0.15, 0.2) is 0 Å². The molecule has 0 bridgehead atoms. The molecule has 1 atom stereocenters. The van der Waals surface area contributed by atoms with Crippen LogP contribution in [0.25, 0.3) is 0 Å². The van der Waals surface area contributed by atoms with Gasteiger partial charge in [-0.1, -0.05) is 17.7 Å². The highest BCUT2D eigenvalue weighted by molar-refractivity contribution is 6.30. The largest absolute Gasteiger partial charge is 0.378 e. The molecule has 3 N–H and O–H groups in total. The van der Waals surface area contributed by atoms with Crippen molar-refractivity contribution in [1.29, 1.82) is 0 Å². The zero-order valence-electron chi connectivity index (χ0n) is 11.8. The molecular formula is C16H16ClFN2O. The molecule has 0 heterocycles. The van der Waals surface area contributed by atoms with Crippen LogP contribution in [0.3, 0.4) is 0 Å². The summed E-state index contributed by atoms with van der Waals surface area (Å²) in [6.45, 7) is 3.80. The van der Waals surface area contributed by atoms with E-state index >= 15 is 0 Å². The molecule has 0 saturated carbocycles. The van der Waals surface area contributed by atoms with Gasteiger partial charge in [-0.2, -0.15) is 0 Å². The predicted octanol–water partition coefficient (Wildman–Crippen LogP) is 4.06. The third-order valence-corrected chi connectivity index (χ3v) is 3.63. The van der Waals surface area contributed by atoms with Gasteiger partial charge in [0, 0.05) is 17.3 Å². The van der Waals surface area contributed by atoms with Gasteiger partial charge in [-0.15, -0.1) is 0 Å². The van der Waals surface area contributed by atoms with Crippen molar-refractivity contribution in [3.8, 4) is 0 Å². The molecule has 0 radical (unpaired) electrons. The summed E-state index contributed by atoms with van der Waals surface area (Å²) in [5.41, 5.74) is 8.25. The topological polar surface area (TPSA) is 55.1 Å². The zero-order valence-corrected chi connectivity index (χ0v) is 12.5. The first-order valence-electron chi connectivity index (χ1n) is 6.50. The summed E-state index contributed by atoms with van der Waals surface area (Å²) >= 11 is 5.68. The van der Waals surface area contributed by atoms with Crippen LogP contribution in [0.5, 0.6) is 0 Å². The van der Waals surface area contributed by atoms with Gasteiger partial charge >= 0.3 is 0 Å². The number of nitrogens with two attached hydrogens (primary N) is 1. The summed E-state index contributed by atoms with van der Waals surface area (Å²) in [6.07, 6.45) is 0. The van der Waals surface area contributed by atoms with Crippen LogP contribution in [-0.2, 0) is 0 Å². The van der Waals surface area contributed by atoms with Crippen LogP contribution >= 0.6 is 11.6 Å². The normalized spacial score (nSPS) is 12.0. The Morgan fingerprint density at radius 3 is 2.57 bits per heavy atom. The number of anilines is 1. The number of benzene rings is 2. The number of amides is 1. The summed E-state index contributed by atoms with van der Waals surface area (Å²) < 4.78 is 13.5. The summed E-state index contributed by atoms with van der Waals surface area (Å²) in [7, 11) is 0. The highest BCUT2D eigenvalue weighted by Crippen LogP contribution is 2.25. The second-order valence-corrected chi connectivity index (χ2v) is 5.34. The minimum absolute atomic E-state index is 0.102. The molecule has 0 aliphatic heterocycles. The van der Waals surface area contributed by atoms with Crippen LogP contribution in [0.15, 0.2) is 36.4 Å². The lowest BCUT2D eigenvalue weighted by Gasteiger charge is -2.18. The Bertz CT molecular complexity index is 688. The van der Waals surface area contributed by atoms with E-state index in [0.29, 0.717) is 5.56 Å². The Morgan fingerprint density at radius 1 is 1.29 bits per heavy atom. The number of halogens is 2. The second kappa shape index (κ2) is 6.14. The van der Waals surface area contributed by atoms with Crippen molar-refractivity contribution in [3.05, 3.63) is 63.9 Å². The number of hydrogen-bond donors (Lipinski definition) is 2. The fourth-order valence-electron chi connectivity index (χ4n) is 2.08. The van der Waals surface area contributed by atoms with Crippen LogP contribution < -0.4 is 11.1 Å². The van der Waals surface area contributed by atoms with Crippen LogP contribution in [0.2, 0.25) is 5.02 Å². The average Bonchev–Trinajstić information content (AvgIpc) is 2.43. The van der Waals surface area contributed by atoms with E-state index < -0.39 is 11.7 Å². The monoisotopic (exact) mass is 306 g/mol.